The molecule has 0 radical (unpaired) electrons. The van der Waals surface area contributed by atoms with Crippen molar-refractivity contribution in [3.05, 3.63) is 84.4 Å². The maximum absolute atomic E-state index is 12.5. The molecule has 3 rings (SSSR count). The summed E-state index contributed by atoms with van der Waals surface area (Å²) in [6.07, 6.45) is 0. The Kier molecular flexibility index (Phi) is 6.74. The van der Waals surface area contributed by atoms with E-state index in [4.69, 9.17) is 9.47 Å². The molecule has 0 saturated carbocycles. The van der Waals surface area contributed by atoms with Crippen LogP contribution in [0, 0.1) is 0 Å². The lowest BCUT2D eigenvalue weighted by Gasteiger charge is -2.20. The average Bonchev–Trinajstić information content (AvgIpc) is 2.78. The van der Waals surface area contributed by atoms with Crippen molar-refractivity contribution in [3.63, 3.8) is 0 Å². The summed E-state index contributed by atoms with van der Waals surface area (Å²) in [5, 5.41) is 2.97. The smallest absolute Gasteiger partial charge is 0.251 e. The van der Waals surface area contributed by atoms with Crippen molar-refractivity contribution in [1.29, 1.82) is 0 Å². The van der Waals surface area contributed by atoms with Gasteiger partial charge in [-0.2, -0.15) is 0 Å². The highest BCUT2D eigenvalue weighted by Crippen LogP contribution is 2.23. The minimum absolute atomic E-state index is 0.121. The number of hydrogen-bond donors (Lipinski definition) is 1. The van der Waals surface area contributed by atoms with Crippen molar-refractivity contribution in [1.82, 2.24) is 5.32 Å². The summed E-state index contributed by atoms with van der Waals surface area (Å²) in [5.41, 5.74) is 2.73. The van der Waals surface area contributed by atoms with Crippen LogP contribution in [0.15, 0.2) is 78.9 Å². The monoisotopic (exact) mass is 390 g/mol. The van der Waals surface area contributed by atoms with Crippen LogP contribution in [-0.2, 0) is 0 Å². The van der Waals surface area contributed by atoms with Crippen molar-refractivity contribution in [2.24, 2.45) is 0 Å². The van der Waals surface area contributed by atoms with Crippen molar-refractivity contribution in [2.45, 2.75) is 13.0 Å². The number of carbonyl (C=O) groups excluding carboxylic acids is 1. The molecule has 0 spiro atoms. The van der Waals surface area contributed by atoms with Gasteiger partial charge in [0, 0.05) is 24.0 Å². The molecule has 3 aromatic carbocycles. The highest BCUT2D eigenvalue weighted by atomic mass is 16.5. The Labute approximate surface area is 171 Å². The molecule has 3 aromatic rings. The molecule has 1 N–H and O–H groups in total. The average molecular weight is 390 g/mol. The van der Waals surface area contributed by atoms with Gasteiger partial charge >= 0.3 is 0 Å². The lowest BCUT2D eigenvalue weighted by molar-refractivity contribution is 0.0926. The van der Waals surface area contributed by atoms with E-state index in [0.717, 1.165) is 22.9 Å². The summed E-state index contributed by atoms with van der Waals surface area (Å²) < 4.78 is 10.9. The van der Waals surface area contributed by atoms with E-state index in [-0.39, 0.29) is 11.9 Å². The van der Waals surface area contributed by atoms with Gasteiger partial charge in [0.1, 0.15) is 18.1 Å². The molecule has 150 valence electrons. The standard InChI is InChI=1S/C24H26N2O3/c1-18(17-29-23-15-13-22(28-3)14-16-23)25-24(27)19-9-11-21(12-10-19)26(2)20-7-5-4-6-8-20/h4-16,18H,17H2,1-3H3,(H,25,27)/t18-/m1/s1. The Bertz CT molecular complexity index is 909. The zero-order chi connectivity index (χ0) is 20.6. The maximum atomic E-state index is 12.5. The number of para-hydroxylation sites is 1. The largest absolute Gasteiger partial charge is 0.497 e. The van der Waals surface area contributed by atoms with Crippen molar-refractivity contribution >= 4 is 17.3 Å². The Hall–Kier alpha value is -3.47. The Balaban J connectivity index is 1.53. The van der Waals surface area contributed by atoms with Crippen LogP contribution >= 0.6 is 0 Å². The van der Waals surface area contributed by atoms with Crippen LogP contribution in [0.1, 0.15) is 17.3 Å². The molecule has 0 aliphatic carbocycles. The van der Waals surface area contributed by atoms with Crippen LogP contribution < -0.4 is 19.7 Å². The Morgan fingerprint density at radius 2 is 1.48 bits per heavy atom. The van der Waals surface area contributed by atoms with Crippen LogP contribution in [0.2, 0.25) is 0 Å². The summed E-state index contributed by atoms with van der Waals surface area (Å²) in [6.45, 7) is 2.30. The molecule has 0 unspecified atom stereocenters. The number of benzene rings is 3. The van der Waals surface area contributed by atoms with E-state index in [1.54, 1.807) is 7.11 Å². The molecule has 0 bridgehead atoms. The summed E-state index contributed by atoms with van der Waals surface area (Å²) in [5.74, 6) is 1.39. The van der Waals surface area contributed by atoms with E-state index < -0.39 is 0 Å². The van der Waals surface area contributed by atoms with Gasteiger partial charge in [-0.15, -0.1) is 0 Å². The SMILES string of the molecule is COc1ccc(OC[C@@H](C)NC(=O)c2ccc(N(C)c3ccccc3)cc2)cc1. The second-order valence-electron chi connectivity index (χ2n) is 6.80. The molecule has 0 saturated heterocycles. The van der Waals surface area contributed by atoms with Gasteiger partial charge in [0.15, 0.2) is 0 Å². The molecule has 29 heavy (non-hydrogen) atoms. The molecule has 1 atom stereocenters. The van der Waals surface area contributed by atoms with E-state index in [1.165, 1.54) is 0 Å². The zero-order valence-corrected chi connectivity index (χ0v) is 17.0. The molecule has 0 fully saturated rings. The third kappa shape index (κ3) is 5.51. The van der Waals surface area contributed by atoms with E-state index in [9.17, 15) is 4.79 Å². The van der Waals surface area contributed by atoms with Gasteiger partial charge in [0.05, 0.1) is 13.2 Å². The first kappa shape index (κ1) is 20.3. The molecule has 1 amide bonds. The van der Waals surface area contributed by atoms with Crippen LogP contribution in [0.5, 0.6) is 11.5 Å². The van der Waals surface area contributed by atoms with Gasteiger partial charge in [-0.25, -0.2) is 0 Å². The van der Waals surface area contributed by atoms with Crippen molar-refractivity contribution in [3.8, 4) is 11.5 Å². The molecule has 0 aromatic heterocycles. The topological polar surface area (TPSA) is 50.8 Å². The molecule has 0 heterocycles. The predicted molar refractivity (Wildman–Crippen MR) is 116 cm³/mol. The fourth-order valence-electron chi connectivity index (χ4n) is 2.88. The van der Waals surface area contributed by atoms with E-state index in [0.29, 0.717) is 12.2 Å². The minimum Gasteiger partial charge on any atom is -0.497 e. The second-order valence-corrected chi connectivity index (χ2v) is 6.80. The first-order valence-electron chi connectivity index (χ1n) is 9.53. The Morgan fingerprint density at radius 3 is 2.10 bits per heavy atom. The van der Waals surface area contributed by atoms with E-state index >= 15 is 0 Å². The highest BCUT2D eigenvalue weighted by molar-refractivity contribution is 5.94. The van der Waals surface area contributed by atoms with Crippen LogP contribution in [-0.4, -0.2) is 32.7 Å². The van der Waals surface area contributed by atoms with Crippen molar-refractivity contribution < 1.29 is 14.3 Å². The molecule has 0 aliphatic rings. The third-order valence-electron chi connectivity index (χ3n) is 4.60. The zero-order valence-electron chi connectivity index (χ0n) is 17.0. The van der Waals surface area contributed by atoms with Crippen LogP contribution in [0.3, 0.4) is 0 Å². The summed E-state index contributed by atoms with van der Waals surface area (Å²) in [7, 11) is 3.63. The normalized spacial score (nSPS) is 11.4. The van der Waals surface area contributed by atoms with Gasteiger partial charge < -0.3 is 19.7 Å². The summed E-state index contributed by atoms with van der Waals surface area (Å²) >= 11 is 0. The quantitative estimate of drug-likeness (QED) is 0.608. The molecule has 5 nitrogen and oxygen atoms in total. The fraction of sp³-hybridized carbons (Fsp3) is 0.208. The van der Waals surface area contributed by atoms with E-state index in [2.05, 4.69) is 10.2 Å². The van der Waals surface area contributed by atoms with E-state index in [1.807, 2.05) is 92.8 Å². The van der Waals surface area contributed by atoms with Gasteiger partial charge in [0.25, 0.3) is 5.91 Å². The number of carbonyl (C=O) groups is 1. The third-order valence-corrected chi connectivity index (χ3v) is 4.60. The van der Waals surface area contributed by atoms with Crippen LogP contribution in [0.25, 0.3) is 0 Å². The predicted octanol–water partition coefficient (Wildman–Crippen LogP) is 4.66. The number of anilines is 2. The van der Waals surface area contributed by atoms with Crippen LogP contribution in [0.4, 0.5) is 11.4 Å². The summed E-state index contributed by atoms with van der Waals surface area (Å²) in [4.78, 5) is 14.6. The number of ether oxygens (including phenoxy) is 2. The number of nitrogens with one attached hydrogen (secondary N) is 1. The number of nitrogens with zero attached hydrogens (tertiary/aromatic N) is 1. The molecule has 5 heteroatoms. The first-order valence-corrected chi connectivity index (χ1v) is 9.53. The number of rotatable bonds is 8. The van der Waals surface area contributed by atoms with Crippen molar-refractivity contribution in [2.75, 3.05) is 25.7 Å². The highest BCUT2D eigenvalue weighted by Gasteiger charge is 2.11. The molecular weight excluding hydrogens is 364 g/mol. The number of amides is 1. The second kappa shape index (κ2) is 9.64. The number of hydrogen-bond acceptors (Lipinski definition) is 4. The molecule has 0 aliphatic heterocycles. The molecular formula is C24H26N2O3. The van der Waals surface area contributed by atoms with Gasteiger partial charge in [-0.3, -0.25) is 4.79 Å². The van der Waals surface area contributed by atoms with Gasteiger partial charge in [0.2, 0.25) is 0 Å². The minimum atomic E-state index is -0.128. The van der Waals surface area contributed by atoms with Gasteiger partial charge in [-0.05, 0) is 67.6 Å². The maximum Gasteiger partial charge on any atom is 0.251 e. The lowest BCUT2D eigenvalue weighted by Crippen LogP contribution is -2.36. The number of methoxy groups -OCH3 is 1. The first-order chi connectivity index (χ1) is 14.1. The summed E-state index contributed by atoms with van der Waals surface area (Å²) in [6, 6.07) is 24.9. The lowest BCUT2D eigenvalue weighted by atomic mass is 10.1. The van der Waals surface area contributed by atoms with Gasteiger partial charge in [-0.1, -0.05) is 18.2 Å². The fourth-order valence-corrected chi connectivity index (χ4v) is 2.88. The Morgan fingerprint density at radius 1 is 0.897 bits per heavy atom.